The molecule has 1 aliphatic rings. The molecule has 0 bridgehead atoms. The van der Waals surface area contributed by atoms with Crippen molar-refractivity contribution < 1.29 is 19.1 Å². The Balaban J connectivity index is 2.08. The van der Waals surface area contributed by atoms with Crippen molar-refractivity contribution in [3.05, 3.63) is 29.6 Å². The first-order chi connectivity index (χ1) is 8.58. The maximum Gasteiger partial charge on any atom is 0.337 e. The fourth-order valence-electron chi connectivity index (χ4n) is 1.94. The fourth-order valence-corrected chi connectivity index (χ4v) is 1.94. The summed E-state index contributed by atoms with van der Waals surface area (Å²) in [5.41, 5.74) is -0.148. The SMILES string of the molecule is O=C1CCC(CNc2c(F)cccc2C(=O)O)N1. The highest BCUT2D eigenvalue weighted by Gasteiger charge is 2.21. The number of para-hydroxylation sites is 1. The minimum Gasteiger partial charge on any atom is -0.478 e. The lowest BCUT2D eigenvalue weighted by Gasteiger charge is -2.14. The molecule has 1 aromatic carbocycles. The molecule has 96 valence electrons. The van der Waals surface area contributed by atoms with Crippen molar-refractivity contribution in [2.75, 3.05) is 11.9 Å². The van der Waals surface area contributed by atoms with Crippen LogP contribution < -0.4 is 10.6 Å². The summed E-state index contributed by atoms with van der Waals surface area (Å²) < 4.78 is 13.5. The molecular weight excluding hydrogens is 239 g/mol. The lowest BCUT2D eigenvalue weighted by molar-refractivity contribution is -0.119. The van der Waals surface area contributed by atoms with Crippen molar-refractivity contribution in [1.29, 1.82) is 0 Å². The van der Waals surface area contributed by atoms with Crippen LogP contribution in [0.5, 0.6) is 0 Å². The van der Waals surface area contributed by atoms with Crippen LogP contribution in [0.25, 0.3) is 0 Å². The highest BCUT2D eigenvalue weighted by Crippen LogP contribution is 2.20. The van der Waals surface area contributed by atoms with Crippen molar-refractivity contribution in [3.8, 4) is 0 Å². The Morgan fingerprint density at radius 1 is 1.56 bits per heavy atom. The molecule has 5 nitrogen and oxygen atoms in total. The van der Waals surface area contributed by atoms with Crippen molar-refractivity contribution in [3.63, 3.8) is 0 Å². The molecule has 1 atom stereocenters. The summed E-state index contributed by atoms with van der Waals surface area (Å²) in [6.45, 7) is 0.312. The standard InChI is InChI=1S/C12H13FN2O3/c13-9-3-1-2-8(12(17)18)11(9)14-6-7-4-5-10(16)15-7/h1-3,7,14H,4-6H2,(H,15,16)(H,17,18). The van der Waals surface area contributed by atoms with Crippen LogP contribution in [0.3, 0.4) is 0 Å². The Hall–Kier alpha value is -2.11. The number of halogens is 1. The molecule has 6 heteroatoms. The van der Waals surface area contributed by atoms with E-state index in [1.165, 1.54) is 18.2 Å². The molecule has 0 aromatic heterocycles. The quantitative estimate of drug-likeness (QED) is 0.752. The molecule has 0 saturated carbocycles. The Bertz CT molecular complexity index is 490. The van der Waals surface area contributed by atoms with Gasteiger partial charge in [0.2, 0.25) is 5.91 Å². The second-order valence-electron chi connectivity index (χ2n) is 4.15. The van der Waals surface area contributed by atoms with E-state index in [2.05, 4.69) is 10.6 Å². The van der Waals surface area contributed by atoms with Gasteiger partial charge in [0.15, 0.2) is 0 Å². The summed E-state index contributed by atoms with van der Waals surface area (Å²) in [5.74, 6) is -1.83. The smallest absolute Gasteiger partial charge is 0.337 e. The number of carboxylic acid groups (broad SMARTS) is 1. The van der Waals surface area contributed by atoms with Gasteiger partial charge < -0.3 is 15.7 Å². The number of amides is 1. The van der Waals surface area contributed by atoms with Crippen LogP contribution in [-0.4, -0.2) is 29.6 Å². The molecular formula is C12H13FN2O3. The van der Waals surface area contributed by atoms with E-state index in [1.54, 1.807) is 0 Å². The van der Waals surface area contributed by atoms with Gasteiger partial charge in [0.05, 0.1) is 11.3 Å². The number of hydrogen-bond acceptors (Lipinski definition) is 3. The summed E-state index contributed by atoms with van der Waals surface area (Å²) in [5, 5.41) is 14.4. The topological polar surface area (TPSA) is 78.4 Å². The Labute approximate surface area is 103 Å². The number of nitrogens with one attached hydrogen (secondary N) is 2. The predicted molar refractivity (Wildman–Crippen MR) is 63.0 cm³/mol. The number of benzene rings is 1. The number of carboxylic acids is 1. The number of anilines is 1. The first-order valence-electron chi connectivity index (χ1n) is 5.63. The van der Waals surface area contributed by atoms with Crippen molar-refractivity contribution in [2.45, 2.75) is 18.9 Å². The molecule has 1 unspecified atom stereocenters. The first-order valence-corrected chi connectivity index (χ1v) is 5.63. The predicted octanol–water partition coefficient (Wildman–Crippen LogP) is 1.21. The Morgan fingerprint density at radius 3 is 2.94 bits per heavy atom. The monoisotopic (exact) mass is 252 g/mol. The van der Waals surface area contributed by atoms with Gasteiger partial charge in [-0.3, -0.25) is 4.79 Å². The van der Waals surface area contributed by atoms with Crippen LogP contribution in [0.2, 0.25) is 0 Å². The summed E-state index contributed by atoms with van der Waals surface area (Å²) in [6.07, 6.45) is 1.12. The van der Waals surface area contributed by atoms with Gasteiger partial charge in [-0.2, -0.15) is 0 Å². The molecule has 1 aromatic rings. The van der Waals surface area contributed by atoms with E-state index in [1.807, 2.05) is 0 Å². The number of rotatable bonds is 4. The van der Waals surface area contributed by atoms with E-state index >= 15 is 0 Å². The van der Waals surface area contributed by atoms with Gasteiger partial charge in [-0.05, 0) is 18.6 Å². The average Bonchev–Trinajstić information content (AvgIpc) is 2.73. The molecule has 1 fully saturated rings. The molecule has 0 aliphatic carbocycles. The lowest BCUT2D eigenvalue weighted by Crippen LogP contribution is -2.32. The second-order valence-corrected chi connectivity index (χ2v) is 4.15. The van der Waals surface area contributed by atoms with Gasteiger partial charge in [-0.15, -0.1) is 0 Å². The summed E-state index contributed by atoms with van der Waals surface area (Å²) >= 11 is 0. The molecule has 2 rings (SSSR count). The summed E-state index contributed by atoms with van der Waals surface area (Å²) in [6, 6.07) is 3.79. The third kappa shape index (κ3) is 2.58. The van der Waals surface area contributed by atoms with E-state index in [4.69, 9.17) is 5.11 Å². The van der Waals surface area contributed by atoms with Crippen molar-refractivity contribution in [1.82, 2.24) is 5.32 Å². The van der Waals surface area contributed by atoms with Crippen molar-refractivity contribution >= 4 is 17.6 Å². The minimum atomic E-state index is -1.19. The summed E-state index contributed by atoms with van der Waals surface area (Å²) in [7, 11) is 0. The van der Waals surface area contributed by atoms with E-state index < -0.39 is 11.8 Å². The van der Waals surface area contributed by atoms with Crippen LogP contribution >= 0.6 is 0 Å². The van der Waals surface area contributed by atoms with Gasteiger partial charge in [0.25, 0.3) is 0 Å². The van der Waals surface area contributed by atoms with Gasteiger partial charge in [-0.1, -0.05) is 6.07 Å². The first kappa shape index (κ1) is 12.3. The highest BCUT2D eigenvalue weighted by molar-refractivity contribution is 5.94. The molecule has 3 N–H and O–H groups in total. The Morgan fingerprint density at radius 2 is 2.33 bits per heavy atom. The van der Waals surface area contributed by atoms with Gasteiger partial charge in [0, 0.05) is 19.0 Å². The zero-order valence-electron chi connectivity index (χ0n) is 9.57. The number of hydrogen-bond donors (Lipinski definition) is 3. The van der Waals surface area contributed by atoms with Crippen LogP contribution in [0, 0.1) is 5.82 Å². The van der Waals surface area contributed by atoms with E-state index in [0.29, 0.717) is 19.4 Å². The maximum absolute atomic E-state index is 13.5. The van der Waals surface area contributed by atoms with Crippen LogP contribution in [0.1, 0.15) is 23.2 Å². The highest BCUT2D eigenvalue weighted by atomic mass is 19.1. The third-order valence-electron chi connectivity index (χ3n) is 2.85. The van der Waals surface area contributed by atoms with E-state index in [0.717, 1.165) is 0 Å². The van der Waals surface area contributed by atoms with Gasteiger partial charge >= 0.3 is 5.97 Å². The molecule has 1 heterocycles. The third-order valence-corrected chi connectivity index (χ3v) is 2.85. The van der Waals surface area contributed by atoms with Crippen molar-refractivity contribution in [2.24, 2.45) is 0 Å². The van der Waals surface area contributed by atoms with Gasteiger partial charge in [0.1, 0.15) is 5.82 Å². The average molecular weight is 252 g/mol. The largest absolute Gasteiger partial charge is 0.478 e. The molecule has 0 spiro atoms. The fraction of sp³-hybridized carbons (Fsp3) is 0.333. The van der Waals surface area contributed by atoms with Crippen LogP contribution in [0.15, 0.2) is 18.2 Å². The number of aromatic carboxylic acids is 1. The molecule has 1 aliphatic heterocycles. The molecule has 0 radical (unpaired) electrons. The second kappa shape index (κ2) is 5.03. The normalized spacial score (nSPS) is 18.5. The van der Waals surface area contributed by atoms with E-state index in [9.17, 15) is 14.0 Å². The minimum absolute atomic E-state index is 0.0335. The van der Waals surface area contributed by atoms with Crippen LogP contribution in [-0.2, 0) is 4.79 Å². The van der Waals surface area contributed by atoms with E-state index in [-0.39, 0.29) is 23.2 Å². The maximum atomic E-state index is 13.5. The number of carbonyl (C=O) groups is 2. The molecule has 18 heavy (non-hydrogen) atoms. The number of carbonyl (C=O) groups excluding carboxylic acids is 1. The lowest BCUT2D eigenvalue weighted by atomic mass is 10.1. The zero-order chi connectivity index (χ0) is 13.1. The molecule has 1 amide bonds. The summed E-state index contributed by atoms with van der Waals surface area (Å²) in [4.78, 5) is 21.9. The zero-order valence-corrected chi connectivity index (χ0v) is 9.57. The van der Waals surface area contributed by atoms with Crippen LogP contribution in [0.4, 0.5) is 10.1 Å². The molecule has 1 saturated heterocycles. The Kier molecular flexibility index (Phi) is 3.45. The van der Waals surface area contributed by atoms with Gasteiger partial charge in [-0.25, -0.2) is 9.18 Å².